The number of imide groups is 1. The van der Waals surface area contributed by atoms with Crippen LogP contribution in [-0.4, -0.2) is 50.0 Å². The Morgan fingerprint density at radius 3 is 2.52 bits per heavy atom. The summed E-state index contributed by atoms with van der Waals surface area (Å²) in [7, 11) is 0. The van der Waals surface area contributed by atoms with E-state index in [2.05, 4.69) is 25.8 Å². The molecule has 0 radical (unpaired) electrons. The molecule has 1 aliphatic heterocycles. The van der Waals surface area contributed by atoms with E-state index in [1.165, 1.54) is 0 Å². The number of aromatic amines is 1. The van der Waals surface area contributed by atoms with Gasteiger partial charge >= 0.3 is 6.03 Å². The minimum absolute atomic E-state index is 0. The molecule has 0 bridgehead atoms. The van der Waals surface area contributed by atoms with Crippen LogP contribution in [0.5, 0.6) is 0 Å². The molecule has 2 aliphatic rings. The molecular formula is C18H22ClN7O3. The number of nitrogens with one attached hydrogen (secondary N) is 3. The Bertz CT molecular complexity index is 922. The third-order valence-corrected chi connectivity index (χ3v) is 5.16. The second-order valence-electron chi connectivity index (χ2n) is 7.05. The molecule has 2 heterocycles. The van der Waals surface area contributed by atoms with Gasteiger partial charge in [-0.2, -0.15) is 5.10 Å². The van der Waals surface area contributed by atoms with Gasteiger partial charge < -0.3 is 16.4 Å². The maximum atomic E-state index is 12.6. The van der Waals surface area contributed by atoms with E-state index >= 15 is 0 Å². The smallest absolute Gasteiger partial charge is 0.325 e. The summed E-state index contributed by atoms with van der Waals surface area (Å²) in [6.07, 6.45) is 3.06. The van der Waals surface area contributed by atoms with Gasteiger partial charge in [-0.15, -0.1) is 12.4 Å². The average Bonchev–Trinajstić information content (AvgIpc) is 3.40. The predicted octanol–water partition coefficient (Wildman–Crippen LogP) is 1.16. The molecule has 1 saturated heterocycles. The van der Waals surface area contributed by atoms with E-state index in [4.69, 9.17) is 5.73 Å². The minimum atomic E-state index is -0.808. The van der Waals surface area contributed by atoms with E-state index in [1.54, 1.807) is 24.3 Å². The van der Waals surface area contributed by atoms with Crippen molar-refractivity contribution in [3.8, 4) is 11.4 Å². The molecule has 4 amide bonds. The zero-order valence-electron chi connectivity index (χ0n) is 15.6. The molecule has 11 heteroatoms. The number of H-pyrrole nitrogens is 1. The van der Waals surface area contributed by atoms with E-state index in [9.17, 15) is 14.4 Å². The Labute approximate surface area is 173 Å². The first kappa shape index (κ1) is 20.7. The number of halogens is 1. The molecule has 1 aromatic heterocycles. The summed E-state index contributed by atoms with van der Waals surface area (Å²) in [5, 5.41) is 12.3. The number of nitrogens with zero attached hydrogens (tertiary/aromatic N) is 3. The van der Waals surface area contributed by atoms with Gasteiger partial charge in [0.25, 0.3) is 5.91 Å². The Morgan fingerprint density at radius 2 is 1.90 bits per heavy atom. The van der Waals surface area contributed by atoms with E-state index in [0.29, 0.717) is 30.2 Å². The van der Waals surface area contributed by atoms with Crippen LogP contribution in [0.3, 0.4) is 0 Å². The molecule has 0 unspecified atom stereocenters. The lowest BCUT2D eigenvalue weighted by molar-refractivity contribution is -0.133. The van der Waals surface area contributed by atoms with E-state index < -0.39 is 17.5 Å². The van der Waals surface area contributed by atoms with Crippen molar-refractivity contribution >= 4 is 35.9 Å². The highest BCUT2D eigenvalue weighted by Gasteiger charge is 2.52. The molecule has 1 aliphatic carbocycles. The number of carbonyl (C=O) groups excluding carboxylic acids is 3. The first-order valence-electron chi connectivity index (χ1n) is 9.16. The monoisotopic (exact) mass is 419 g/mol. The highest BCUT2D eigenvalue weighted by atomic mass is 35.5. The molecule has 154 valence electrons. The van der Waals surface area contributed by atoms with Crippen LogP contribution in [0.4, 0.5) is 10.5 Å². The first-order valence-corrected chi connectivity index (χ1v) is 9.16. The second-order valence-corrected chi connectivity index (χ2v) is 7.05. The normalized spacial score (nSPS) is 17.3. The fourth-order valence-corrected chi connectivity index (χ4v) is 3.70. The number of aromatic nitrogens is 3. The van der Waals surface area contributed by atoms with Gasteiger partial charge in [0.1, 0.15) is 17.9 Å². The number of carbonyl (C=O) groups is 3. The minimum Gasteiger partial charge on any atom is -0.325 e. The number of hydrogen-bond donors (Lipinski definition) is 4. The van der Waals surface area contributed by atoms with E-state index in [0.717, 1.165) is 23.3 Å². The Balaban J connectivity index is 0.00000240. The van der Waals surface area contributed by atoms with Gasteiger partial charge in [0.15, 0.2) is 5.82 Å². The van der Waals surface area contributed by atoms with Crippen molar-refractivity contribution in [1.29, 1.82) is 0 Å². The Morgan fingerprint density at radius 1 is 1.21 bits per heavy atom. The van der Waals surface area contributed by atoms with Crippen molar-refractivity contribution in [2.75, 3.05) is 11.9 Å². The number of amides is 4. The summed E-state index contributed by atoms with van der Waals surface area (Å²) in [6.45, 7) is -0.0415. The summed E-state index contributed by atoms with van der Waals surface area (Å²) >= 11 is 0. The SMILES string of the molecule is Cl.NCc1nc(-c2ccc(NC(=O)CN3C(=O)NC4(CCCC4)C3=O)cc2)n[nH]1. The zero-order valence-corrected chi connectivity index (χ0v) is 16.4. The highest BCUT2D eigenvalue weighted by molar-refractivity contribution is 6.10. The second kappa shape index (κ2) is 8.18. The van der Waals surface area contributed by atoms with E-state index in [1.807, 2.05) is 0 Å². The summed E-state index contributed by atoms with van der Waals surface area (Å²) in [5.74, 6) is 0.357. The van der Waals surface area contributed by atoms with Crippen molar-refractivity contribution in [3.05, 3.63) is 30.1 Å². The lowest BCUT2D eigenvalue weighted by Crippen LogP contribution is -2.44. The third kappa shape index (κ3) is 3.94. The largest absolute Gasteiger partial charge is 0.325 e. The molecule has 4 rings (SSSR count). The van der Waals surface area contributed by atoms with Crippen molar-refractivity contribution in [1.82, 2.24) is 25.4 Å². The number of urea groups is 1. The topological polar surface area (TPSA) is 146 Å². The van der Waals surface area contributed by atoms with Crippen molar-refractivity contribution in [2.45, 2.75) is 37.8 Å². The van der Waals surface area contributed by atoms with Gasteiger partial charge in [-0.25, -0.2) is 9.78 Å². The van der Waals surface area contributed by atoms with Gasteiger partial charge in [-0.1, -0.05) is 12.8 Å². The van der Waals surface area contributed by atoms with Crippen LogP contribution in [0.25, 0.3) is 11.4 Å². The highest BCUT2D eigenvalue weighted by Crippen LogP contribution is 2.34. The van der Waals surface area contributed by atoms with Crippen molar-refractivity contribution < 1.29 is 14.4 Å². The van der Waals surface area contributed by atoms with Crippen LogP contribution in [0.2, 0.25) is 0 Å². The summed E-state index contributed by atoms with van der Waals surface area (Å²) in [4.78, 5) is 42.3. The van der Waals surface area contributed by atoms with Gasteiger partial charge in [0.2, 0.25) is 5.91 Å². The molecular weight excluding hydrogens is 398 g/mol. The van der Waals surface area contributed by atoms with Crippen molar-refractivity contribution in [2.24, 2.45) is 5.73 Å². The summed E-state index contributed by atoms with van der Waals surface area (Å²) < 4.78 is 0. The maximum absolute atomic E-state index is 12.6. The predicted molar refractivity (Wildman–Crippen MR) is 107 cm³/mol. The molecule has 10 nitrogen and oxygen atoms in total. The molecule has 29 heavy (non-hydrogen) atoms. The standard InChI is InChI=1S/C18H21N7O3.ClH/c19-9-13-21-15(24-23-13)11-3-5-12(6-4-11)20-14(26)10-25-16(27)18(22-17(25)28)7-1-2-8-18;/h3-6H,1-2,7-10,19H2,(H,20,26)(H,22,28)(H,21,23,24);1H. The Kier molecular flexibility index (Phi) is 5.85. The van der Waals surface area contributed by atoms with Crippen LogP contribution in [0.1, 0.15) is 31.5 Å². The van der Waals surface area contributed by atoms with Crippen LogP contribution < -0.4 is 16.4 Å². The molecule has 1 aromatic carbocycles. The molecule has 1 spiro atoms. The molecule has 5 N–H and O–H groups in total. The lowest BCUT2D eigenvalue weighted by Gasteiger charge is -2.19. The van der Waals surface area contributed by atoms with Crippen molar-refractivity contribution in [3.63, 3.8) is 0 Å². The van der Waals surface area contributed by atoms with E-state index in [-0.39, 0.29) is 31.4 Å². The van der Waals surface area contributed by atoms with Gasteiger partial charge in [0.05, 0.1) is 6.54 Å². The van der Waals surface area contributed by atoms with Gasteiger partial charge in [0, 0.05) is 11.3 Å². The van der Waals surface area contributed by atoms with Crippen LogP contribution >= 0.6 is 12.4 Å². The molecule has 2 aromatic rings. The number of nitrogens with two attached hydrogens (primary N) is 1. The van der Waals surface area contributed by atoms with Crippen LogP contribution in [0.15, 0.2) is 24.3 Å². The Hall–Kier alpha value is -2.98. The maximum Gasteiger partial charge on any atom is 0.325 e. The van der Waals surface area contributed by atoms with Crippen LogP contribution in [-0.2, 0) is 16.1 Å². The first-order chi connectivity index (χ1) is 13.5. The van der Waals surface area contributed by atoms with Gasteiger partial charge in [-0.3, -0.25) is 19.6 Å². The quantitative estimate of drug-likeness (QED) is 0.535. The number of anilines is 1. The number of benzene rings is 1. The zero-order chi connectivity index (χ0) is 19.7. The fraction of sp³-hybridized carbons (Fsp3) is 0.389. The molecule has 0 atom stereocenters. The number of hydrogen-bond acceptors (Lipinski definition) is 6. The van der Waals surface area contributed by atoms with Gasteiger partial charge in [-0.05, 0) is 37.1 Å². The van der Waals surface area contributed by atoms with Crippen LogP contribution in [0, 0.1) is 0 Å². The third-order valence-electron chi connectivity index (χ3n) is 5.16. The molecule has 1 saturated carbocycles. The summed E-state index contributed by atoms with van der Waals surface area (Å²) in [5.41, 5.74) is 6.02. The molecule has 2 fully saturated rings. The fourth-order valence-electron chi connectivity index (χ4n) is 3.70. The lowest BCUT2D eigenvalue weighted by atomic mass is 9.98. The average molecular weight is 420 g/mol. The number of rotatable bonds is 5. The summed E-state index contributed by atoms with van der Waals surface area (Å²) in [6, 6.07) is 6.44.